The number of hydrogen-bond donors (Lipinski definition) is 0. The zero-order chi connectivity index (χ0) is 9.10. The molecule has 0 saturated heterocycles. The summed E-state index contributed by atoms with van der Waals surface area (Å²) in [6, 6.07) is 8.38. The van der Waals surface area contributed by atoms with E-state index in [1.54, 1.807) is 0 Å². The zero-order valence-electron chi connectivity index (χ0n) is 7.20. The van der Waals surface area contributed by atoms with Crippen LogP contribution in [0.5, 0.6) is 0 Å². The monoisotopic (exact) mass is 235 g/mol. The molecule has 1 aliphatic heterocycles. The average Bonchev–Trinajstić information content (AvgIpc) is 2.19. The third kappa shape index (κ3) is 2.07. The van der Waals surface area contributed by atoms with Gasteiger partial charge in [0.15, 0.2) is 0 Å². The van der Waals surface area contributed by atoms with E-state index < -0.39 is 0 Å². The van der Waals surface area contributed by atoms with E-state index in [4.69, 9.17) is 0 Å². The first-order chi connectivity index (χ1) is 6.36. The minimum absolute atomic E-state index is 0.915. The first-order valence-corrected chi connectivity index (χ1v) is 5.10. The fourth-order valence-electron chi connectivity index (χ4n) is 1.41. The highest BCUT2D eigenvalue weighted by atomic mass is 79.9. The van der Waals surface area contributed by atoms with Crippen molar-refractivity contribution in [2.24, 2.45) is 4.99 Å². The lowest BCUT2D eigenvalue weighted by Crippen LogP contribution is -1.94. The molecule has 0 fully saturated rings. The van der Waals surface area contributed by atoms with E-state index in [1.165, 1.54) is 11.1 Å². The quantitative estimate of drug-likeness (QED) is 0.709. The van der Waals surface area contributed by atoms with Crippen LogP contribution in [-0.2, 0) is 0 Å². The first kappa shape index (κ1) is 8.70. The van der Waals surface area contributed by atoms with Crippen LogP contribution in [0, 0.1) is 0 Å². The normalized spacial score (nSPS) is 15.6. The molecular formula is C11H10BrN. The lowest BCUT2D eigenvalue weighted by Gasteiger charge is -2.08. The van der Waals surface area contributed by atoms with Gasteiger partial charge in [0.2, 0.25) is 0 Å². The summed E-state index contributed by atoms with van der Waals surface area (Å²) in [7, 11) is 0. The third-order valence-corrected chi connectivity index (χ3v) is 2.58. The minimum atomic E-state index is 0.915. The van der Waals surface area contributed by atoms with Crippen LogP contribution in [0.4, 0.5) is 0 Å². The molecule has 1 nitrogen and oxygen atoms in total. The van der Waals surface area contributed by atoms with Gasteiger partial charge in [-0.1, -0.05) is 28.1 Å². The second-order valence-corrected chi connectivity index (χ2v) is 3.92. The van der Waals surface area contributed by atoms with E-state index in [2.05, 4.69) is 45.2 Å². The van der Waals surface area contributed by atoms with Gasteiger partial charge in [-0.3, -0.25) is 4.99 Å². The Morgan fingerprint density at radius 3 is 2.92 bits per heavy atom. The van der Waals surface area contributed by atoms with Crippen molar-refractivity contribution in [2.75, 3.05) is 6.54 Å². The topological polar surface area (TPSA) is 12.4 Å². The summed E-state index contributed by atoms with van der Waals surface area (Å²) in [6.45, 7) is 0.915. The Bertz CT molecular complexity index is 366. The smallest absolute Gasteiger partial charge is 0.0429 e. The van der Waals surface area contributed by atoms with Crippen molar-refractivity contribution in [3.05, 3.63) is 40.4 Å². The number of dihydropyridines is 1. The number of nitrogens with zero attached hydrogens (tertiary/aromatic N) is 1. The van der Waals surface area contributed by atoms with Crippen molar-refractivity contribution in [1.29, 1.82) is 0 Å². The van der Waals surface area contributed by atoms with E-state index in [1.807, 2.05) is 12.3 Å². The Hall–Kier alpha value is -0.890. The lowest BCUT2D eigenvalue weighted by molar-refractivity contribution is 1.02. The standard InChI is InChI=1S/C11H10BrN/c12-11-3-1-2-10(8-11)9-4-6-13-7-5-9/h1-4,6,8H,5,7H2. The summed E-state index contributed by atoms with van der Waals surface area (Å²) in [4.78, 5) is 4.16. The summed E-state index contributed by atoms with van der Waals surface area (Å²) in [5, 5.41) is 0. The van der Waals surface area contributed by atoms with E-state index in [-0.39, 0.29) is 0 Å². The molecule has 0 saturated carbocycles. The number of allylic oxidation sites excluding steroid dienone is 1. The second kappa shape index (κ2) is 3.88. The van der Waals surface area contributed by atoms with Crippen LogP contribution in [0.15, 0.2) is 39.8 Å². The molecule has 2 rings (SSSR count). The van der Waals surface area contributed by atoms with E-state index >= 15 is 0 Å². The van der Waals surface area contributed by atoms with Gasteiger partial charge in [-0.25, -0.2) is 0 Å². The van der Waals surface area contributed by atoms with Crippen LogP contribution >= 0.6 is 15.9 Å². The third-order valence-electron chi connectivity index (χ3n) is 2.09. The minimum Gasteiger partial charge on any atom is -0.293 e. The summed E-state index contributed by atoms with van der Waals surface area (Å²) < 4.78 is 1.13. The molecule has 2 heteroatoms. The Balaban J connectivity index is 2.34. The van der Waals surface area contributed by atoms with E-state index in [0.29, 0.717) is 0 Å². The van der Waals surface area contributed by atoms with E-state index in [9.17, 15) is 0 Å². The van der Waals surface area contributed by atoms with Crippen molar-refractivity contribution in [1.82, 2.24) is 0 Å². The Kier molecular flexibility index (Phi) is 2.60. The highest BCUT2D eigenvalue weighted by Gasteiger charge is 2.03. The first-order valence-electron chi connectivity index (χ1n) is 4.31. The maximum Gasteiger partial charge on any atom is 0.0429 e. The molecular weight excluding hydrogens is 226 g/mol. The molecule has 1 aromatic carbocycles. The maximum absolute atomic E-state index is 4.16. The number of rotatable bonds is 1. The van der Waals surface area contributed by atoms with Crippen LogP contribution < -0.4 is 0 Å². The Morgan fingerprint density at radius 2 is 2.23 bits per heavy atom. The molecule has 0 amide bonds. The van der Waals surface area contributed by atoms with E-state index in [0.717, 1.165) is 17.4 Å². The molecule has 13 heavy (non-hydrogen) atoms. The van der Waals surface area contributed by atoms with Crippen molar-refractivity contribution in [3.63, 3.8) is 0 Å². The number of hydrogen-bond acceptors (Lipinski definition) is 1. The largest absolute Gasteiger partial charge is 0.293 e. The van der Waals surface area contributed by atoms with Crippen molar-refractivity contribution >= 4 is 27.7 Å². The predicted molar refractivity (Wildman–Crippen MR) is 60.1 cm³/mol. The Labute approximate surface area is 86.3 Å². The van der Waals surface area contributed by atoms with Gasteiger partial charge in [-0.2, -0.15) is 0 Å². The van der Waals surface area contributed by atoms with Crippen LogP contribution in [0.25, 0.3) is 5.57 Å². The molecule has 0 N–H and O–H groups in total. The molecule has 0 spiro atoms. The molecule has 1 aliphatic rings. The molecule has 0 aromatic heterocycles. The lowest BCUT2D eigenvalue weighted by atomic mass is 10.0. The molecule has 1 aromatic rings. The van der Waals surface area contributed by atoms with Gasteiger partial charge in [0.1, 0.15) is 0 Å². The van der Waals surface area contributed by atoms with Crippen LogP contribution in [0.2, 0.25) is 0 Å². The molecule has 0 radical (unpaired) electrons. The van der Waals surface area contributed by atoms with Gasteiger partial charge >= 0.3 is 0 Å². The predicted octanol–water partition coefficient (Wildman–Crippen LogP) is 3.31. The van der Waals surface area contributed by atoms with Gasteiger partial charge in [0.25, 0.3) is 0 Å². The van der Waals surface area contributed by atoms with Gasteiger partial charge in [-0.05, 0) is 35.8 Å². The highest BCUT2D eigenvalue weighted by Crippen LogP contribution is 2.22. The van der Waals surface area contributed by atoms with Gasteiger partial charge in [-0.15, -0.1) is 0 Å². The molecule has 66 valence electrons. The number of halogens is 1. The second-order valence-electron chi connectivity index (χ2n) is 3.01. The summed E-state index contributed by atoms with van der Waals surface area (Å²) in [5.41, 5.74) is 2.66. The number of aliphatic imine (C=N–C) groups is 1. The number of benzene rings is 1. The van der Waals surface area contributed by atoms with Gasteiger partial charge in [0, 0.05) is 17.2 Å². The molecule has 0 bridgehead atoms. The average molecular weight is 236 g/mol. The maximum atomic E-state index is 4.16. The fourth-order valence-corrected chi connectivity index (χ4v) is 1.81. The van der Waals surface area contributed by atoms with Crippen molar-refractivity contribution in [2.45, 2.75) is 6.42 Å². The van der Waals surface area contributed by atoms with Gasteiger partial charge in [0.05, 0.1) is 0 Å². The summed E-state index contributed by atoms with van der Waals surface area (Å²) in [5.74, 6) is 0. The molecule has 0 unspecified atom stereocenters. The van der Waals surface area contributed by atoms with Crippen LogP contribution in [0.1, 0.15) is 12.0 Å². The summed E-state index contributed by atoms with van der Waals surface area (Å²) in [6.07, 6.45) is 5.03. The van der Waals surface area contributed by atoms with Gasteiger partial charge < -0.3 is 0 Å². The molecule has 1 heterocycles. The van der Waals surface area contributed by atoms with Crippen LogP contribution in [0.3, 0.4) is 0 Å². The van der Waals surface area contributed by atoms with Crippen LogP contribution in [-0.4, -0.2) is 12.8 Å². The van der Waals surface area contributed by atoms with Crippen molar-refractivity contribution < 1.29 is 0 Å². The SMILES string of the molecule is Brc1cccc(C2=CC=NCC2)c1. The highest BCUT2D eigenvalue weighted by molar-refractivity contribution is 9.10. The Morgan fingerprint density at radius 1 is 1.31 bits per heavy atom. The fraction of sp³-hybridized carbons (Fsp3) is 0.182. The zero-order valence-corrected chi connectivity index (χ0v) is 8.79. The summed E-state index contributed by atoms with van der Waals surface area (Å²) >= 11 is 3.47. The molecule has 0 aliphatic carbocycles. The van der Waals surface area contributed by atoms with Crippen molar-refractivity contribution in [3.8, 4) is 0 Å². The molecule has 0 atom stereocenters.